The second-order valence-electron chi connectivity index (χ2n) is 4.39. The predicted molar refractivity (Wildman–Crippen MR) is 75.2 cm³/mol. The fourth-order valence-electron chi connectivity index (χ4n) is 2.12. The van der Waals surface area contributed by atoms with E-state index in [1.165, 1.54) is 41.5 Å². The van der Waals surface area contributed by atoms with Crippen molar-refractivity contribution in [3.05, 3.63) is 20.4 Å². The molecule has 1 aliphatic rings. The van der Waals surface area contributed by atoms with Gasteiger partial charge in [0.05, 0.1) is 3.81 Å². The van der Waals surface area contributed by atoms with Crippen molar-refractivity contribution >= 4 is 27.7 Å². The van der Waals surface area contributed by atoms with E-state index in [1.807, 2.05) is 11.8 Å². The Kier molecular flexibility index (Phi) is 6.06. The number of hydrogen-bond acceptors (Lipinski definition) is 1. The molecule has 2 heteroatoms. The molecule has 1 saturated carbocycles. The van der Waals surface area contributed by atoms with Crippen molar-refractivity contribution in [1.82, 2.24) is 0 Å². The Labute approximate surface area is 107 Å². The van der Waals surface area contributed by atoms with Gasteiger partial charge in [0, 0.05) is 0 Å². The Morgan fingerprint density at radius 1 is 1.20 bits per heavy atom. The lowest BCUT2D eigenvalue weighted by Gasteiger charge is -2.25. The lowest BCUT2D eigenvalue weighted by Crippen LogP contribution is -2.08. The third kappa shape index (κ3) is 4.36. The van der Waals surface area contributed by atoms with Crippen LogP contribution in [-0.2, 0) is 0 Å². The van der Waals surface area contributed by atoms with Gasteiger partial charge in [0.25, 0.3) is 0 Å². The summed E-state index contributed by atoms with van der Waals surface area (Å²) < 4.78 is 1.25. The molecule has 0 heterocycles. The zero-order valence-electron chi connectivity index (χ0n) is 9.98. The smallest absolute Gasteiger partial charge is 0.0505 e. The normalized spacial score (nSPS) is 19.1. The van der Waals surface area contributed by atoms with E-state index in [4.69, 9.17) is 0 Å². The van der Waals surface area contributed by atoms with E-state index >= 15 is 0 Å². The van der Waals surface area contributed by atoms with E-state index in [1.54, 1.807) is 4.91 Å². The van der Waals surface area contributed by atoms with Gasteiger partial charge in [-0.3, -0.25) is 0 Å². The van der Waals surface area contributed by atoms with E-state index in [2.05, 4.69) is 42.8 Å². The highest BCUT2D eigenvalue weighted by Gasteiger charge is 2.19. The average Bonchev–Trinajstić information content (AvgIpc) is 2.26. The van der Waals surface area contributed by atoms with Crippen LogP contribution in [0.25, 0.3) is 0 Å². The van der Waals surface area contributed by atoms with Crippen LogP contribution >= 0.6 is 27.7 Å². The van der Waals surface area contributed by atoms with Gasteiger partial charge in [-0.05, 0) is 60.4 Å². The Morgan fingerprint density at radius 2 is 1.80 bits per heavy atom. The van der Waals surface area contributed by atoms with Gasteiger partial charge >= 0.3 is 0 Å². The topological polar surface area (TPSA) is 0 Å². The lowest BCUT2D eigenvalue weighted by molar-refractivity contribution is 0.413. The molecule has 0 atom stereocenters. The molecule has 0 aromatic rings. The Hall–Kier alpha value is 0.310. The van der Waals surface area contributed by atoms with Crippen LogP contribution < -0.4 is 0 Å². The molecule has 0 bridgehead atoms. The first kappa shape index (κ1) is 13.4. The molecule has 0 saturated heterocycles. The van der Waals surface area contributed by atoms with Gasteiger partial charge in [-0.2, -0.15) is 0 Å². The molecule has 0 unspecified atom stereocenters. The molecule has 15 heavy (non-hydrogen) atoms. The molecule has 1 aliphatic carbocycles. The van der Waals surface area contributed by atoms with Crippen LogP contribution in [0.2, 0.25) is 0 Å². The van der Waals surface area contributed by atoms with Crippen LogP contribution in [-0.4, -0.2) is 0 Å². The number of hydrogen-bond donors (Lipinski definition) is 0. The second kappa shape index (κ2) is 6.80. The maximum absolute atomic E-state index is 3.60. The standard InChI is InChI=1S/C13H21BrS/c1-4-12(14)15-13(10(2)3)11-8-6-5-7-9-11/h4,11H,5-9H2,1-3H3/b12-4-. The van der Waals surface area contributed by atoms with Gasteiger partial charge in [0.1, 0.15) is 0 Å². The van der Waals surface area contributed by atoms with Gasteiger partial charge in [0.2, 0.25) is 0 Å². The summed E-state index contributed by atoms with van der Waals surface area (Å²) in [6, 6.07) is 0. The summed E-state index contributed by atoms with van der Waals surface area (Å²) in [5, 5.41) is 0. The molecule has 0 N–H and O–H groups in total. The molecule has 1 fully saturated rings. The van der Waals surface area contributed by atoms with Crippen LogP contribution in [0.1, 0.15) is 52.9 Å². The number of halogens is 1. The number of allylic oxidation sites excluding steroid dienone is 3. The SMILES string of the molecule is C/C=C(/Br)SC(=C(C)C)C1CCCCC1. The van der Waals surface area contributed by atoms with E-state index in [0.717, 1.165) is 5.92 Å². The monoisotopic (exact) mass is 288 g/mol. The minimum Gasteiger partial charge on any atom is -0.0871 e. The predicted octanol–water partition coefficient (Wildman–Crippen LogP) is 5.85. The summed E-state index contributed by atoms with van der Waals surface area (Å²) in [4.78, 5) is 1.60. The van der Waals surface area contributed by atoms with Crippen molar-refractivity contribution in [1.29, 1.82) is 0 Å². The molecular weight excluding hydrogens is 268 g/mol. The molecule has 0 radical (unpaired) electrons. The number of thioether (sulfide) groups is 1. The van der Waals surface area contributed by atoms with Crippen molar-refractivity contribution in [2.75, 3.05) is 0 Å². The zero-order valence-corrected chi connectivity index (χ0v) is 12.4. The van der Waals surface area contributed by atoms with Gasteiger partial charge in [-0.15, -0.1) is 0 Å². The van der Waals surface area contributed by atoms with E-state index in [-0.39, 0.29) is 0 Å². The van der Waals surface area contributed by atoms with Crippen molar-refractivity contribution in [2.45, 2.75) is 52.9 Å². The Bertz CT molecular complexity index is 256. The molecule has 0 spiro atoms. The minimum absolute atomic E-state index is 0.821. The fourth-order valence-corrected chi connectivity index (χ4v) is 3.58. The van der Waals surface area contributed by atoms with E-state index in [9.17, 15) is 0 Å². The minimum atomic E-state index is 0.821. The summed E-state index contributed by atoms with van der Waals surface area (Å²) in [6.07, 6.45) is 9.17. The first-order valence-electron chi connectivity index (χ1n) is 5.82. The van der Waals surface area contributed by atoms with Gasteiger partial charge < -0.3 is 0 Å². The van der Waals surface area contributed by atoms with Gasteiger partial charge in [0.15, 0.2) is 0 Å². The molecule has 0 aromatic carbocycles. The summed E-state index contributed by atoms with van der Waals surface area (Å²) >= 11 is 5.52. The van der Waals surface area contributed by atoms with Crippen LogP contribution in [0.4, 0.5) is 0 Å². The zero-order chi connectivity index (χ0) is 11.3. The highest BCUT2D eigenvalue weighted by molar-refractivity contribution is 9.14. The summed E-state index contributed by atoms with van der Waals surface area (Å²) in [5.41, 5.74) is 1.49. The first-order chi connectivity index (χ1) is 7.15. The van der Waals surface area contributed by atoms with Crippen molar-refractivity contribution in [3.8, 4) is 0 Å². The maximum atomic E-state index is 3.60. The van der Waals surface area contributed by atoms with Crippen molar-refractivity contribution in [3.63, 3.8) is 0 Å². The van der Waals surface area contributed by atoms with Crippen LogP contribution in [0.5, 0.6) is 0 Å². The van der Waals surface area contributed by atoms with Crippen LogP contribution in [0.3, 0.4) is 0 Å². The van der Waals surface area contributed by atoms with Crippen molar-refractivity contribution < 1.29 is 0 Å². The van der Waals surface area contributed by atoms with Gasteiger partial charge in [-0.25, -0.2) is 0 Å². The molecule has 0 aliphatic heterocycles. The molecule has 0 aromatic heterocycles. The summed E-state index contributed by atoms with van der Waals surface area (Å²) in [6.45, 7) is 6.57. The highest BCUT2D eigenvalue weighted by atomic mass is 79.9. The molecular formula is C13H21BrS. The second-order valence-corrected chi connectivity index (χ2v) is 6.86. The highest BCUT2D eigenvalue weighted by Crippen LogP contribution is 2.42. The van der Waals surface area contributed by atoms with E-state index in [0.29, 0.717) is 0 Å². The lowest BCUT2D eigenvalue weighted by atomic mass is 9.88. The Morgan fingerprint density at radius 3 is 2.27 bits per heavy atom. The maximum Gasteiger partial charge on any atom is 0.0505 e. The van der Waals surface area contributed by atoms with E-state index < -0.39 is 0 Å². The fraction of sp³-hybridized carbons (Fsp3) is 0.692. The first-order valence-corrected chi connectivity index (χ1v) is 7.43. The Balaban J connectivity index is 2.70. The molecule has 1 rings (SSSR count). The third-order valence-corrected chi connectivity index (χ3v) is 5.24. The van der Waals surface area contributed by atoms with Crippen LogP contribution in [0, 0.1) is 5.92 Å². The quantitative estimate of drug-likeness (QED) is 0.628. The summed E-state index contributed by atoms with van der Waals surface area (Å²) in [5.74, 6) is 0.821. The van der Waals surface area contributed by atoms with Crippen molar-refractivity contribution in [2.24, 2.45) is 5.92 Å². The van der Waals surface area contributed by atoms with Crippen LogP contribution in [0.15, 0.2) is 20.4 Å². The summed E-state index contributed by atoms with van der Waals surface area (Å²) in [7, 11) is 0. The average molecular weight is 289 g/mol. The molecule has 0 nitrogen and oxygen atoms in total. The third-order valence-electron chi connectivity index (χ3n) is 2.90. The molecule has 0 amide bonds. The number of rotatable bonds is 3. The van der Waals surface area contributed by atoms with Gasteiger partial charge in [-0.1, -0.05) is 42.7 Å². The molecule has 86 valence electrons. The largest absolute Gasteiger partial charge is 0.0871 e.